The van der Waals surface area contributed by atoms with E-state index in [0.29, 0.717) is 23.8 Å². The normalized spacial score (nSPS) is 13.8. The molecule has 0 radical (unpaired) electrons. The van der Waals surface area contributed by atoms with Gasteiger partial charge in [0.1, 0.15) is 0 Å². The molecule has 0 saturated carbocycles. The first kappa shape index (κ1) is 15.7. The Morgan fingerprint density at radius 1 is 1.28 bits per heavy atom. The van der Waals surface area contributed by atoms with Crippen molar-refractivity contribution in [2.75, 3.05) is 6.54 Å². The van der Waals surface area contributed by atoms with Crippen LogP contribution in [0.1, 0.15) is 26.3 Å². The van der Waals surface area contributed by atoms with E-state index in [4.69, 9.17) is 0 Å². The van der Waals surface area contributed by atoms with Gasteiger partial charge in [0.2, 0.25) is 10.0 Å². The maximum absolute atomic E-state index is 12.1. The van der Waals surface area contributed by atoms with Crippen molar-refractivity contribution >= 4 is 26.0 Å². The van der Waals surface area contributed by atoms with E-state index >= 15 is 0 Å². The topological polar surface area (TPSA) is 46.2 Å². The van der Waals surface area contributed by atoms with Crippen molar-refractivity contribution < 1.29 is 8.42 Å². The van der Waals surface area contributed by atoms with Crippen molar-refractivity contribution in [3.8, 4) is 0 Å². The molecule has 0 heterocycles. The van der Waals surface area contributed by atoms with Crippen molar-refractivity contribution in [2.45, 2.75) is 36.9 Å². The monoisotopic (exact) mass is 333 g/mol. The molecule has 0 aromatic heterocycles. The smallest absolute Gasteiger partial charge is 0.211 e. The van der Waals surface area contributed by atoms with E-state index in [9.17, 15) is 8.42 Å². The number of alkyl halides is 1. The number of rotatable bonds is 6. The van der Waals surface area contributed by atoms with E-state index in [-0.39, 0.29) is 4.83 Å². The van der Waals surface area contributed by atoms with Crippen LogP contribution in [0.25, 0.3) is 0 Å². The van der Waals surface area contributed by atoms with Gasteiger partial charge in [-0.1, -0.05) is 54.9 Å². The van der Waals surface area contributed by atoms with Crippen LogP contribution in [-0.2, 0) is 16.4 Å². The van der Waals surface area contributed by atoms with Gasteiger partial charge >= 0.3 is 0 Å². The number of hydrogen-bond acceptors (Lipinski definition) is 2. The third-order valence-corrected chi connectivity index (χ3v) is 5.76. The first-order chi connectivity index (χ1) is 8.38. The van der Waals surface area contributed by atoms with Gasteiger partial charge in [-0.3, -0.25) is 0 Å². The zero-order chi connectivity index (χ0) is 13.8. The van der Waals surface area contributed by atoms with E-state index in [0.717, 1.165) is 5.56 Å². The fourth-order valence-corrected chi connectivity index (χ4v) is 3.29. The number of benzene rings is 1. The zero-order valence-electron chi connectivity index (χ0n) is 11.0. The van der Waals surface area contributed by atoms with E-state index in [2.05, 4.69) is 34.5 Å². The third-order valence-electron chi connectivity index (χ3n) is 2.73. The van der Waals surface area contributed by atoms with Crippen LogP contribution < -0.4 is 4.72 Å². The van der Waals surface area contributed by atoms with Crippen LogP contribution in [0.5, 0.6) is 0 Å². The molecule has 0 aliphatic heterocycles. The van der Waals surface area contributed by atoms with Crippen LogP contribution in [0.4, 0.5) is 0 Å². The summed E-state index contributed by atoms with van der Waals surface area (Å²) in [6, 6.07) is 7.17. The molecule has 3 nitrogen and oxygen atoms in total. The molecule has 1 aromatic carbocycles. The van der Waals surface area contributed by atoms with Crippen molar-refractivity contribution in [3.63, 3.8) is 0 Å². The molecule has 1 unspecified atom stereocenters. The molecule has 0 bridgehead atoms. The maximum Gasteiger partial charge on any atom is 0.240 e. The van der Waals surface area contributed by atoms with Gasteiger partial charge in [0.25, 0.3) is 0 Å². The minimum Gasteiger partial charge on any atom is -0.211 e. The molecule has 102 valence electrons. The van der Waals surface area contributed by atoms with Crippen LogP contribution in [0.15, 0.2) is 29.2 Å². The van der Waals surface area contributed by atoms with Gasteiger partial charge in [0, 0.05) is 11.4 Å². The average molecular weight is 334 g/mol. The lowest BCUT2D eigenvalue weighted by atomic mass is 10.0. The summed E-state index contributed by atoms with van der Waals surface area (Å²) in [7, 11) is -3.38. The van der Waals surface area contributed by atoms with Crippen molar-refractivity contribution in [1.29, 1.82) is 0 Å². The highest BCUT2D eigenvalue weighted by Crippen LogP contribution is 2.22. The van der Waals surface area contributed by atoms with E-state index < -0.39 is 10.0 Å². The molecule has 0 saturated heterocycles. The minimum absolute atomic E-state index is 0.274. The Labute approximate surface area is 118 Å². The number of nitrogens with one attached hydrogen (secondary N) is 1. The van der Waals surface area contributed by atoms with E-state index in [1.807, 2.05) is 12.1 Å². The molecule has 18 heavy (non-hydrogen) atoms. The van der Waals surface area contributed by atoms with Gasteiger partial charge in [-0.2, -0.15) is 0 Å². The van der Waals surface area contributed by atoms with Crippen LogP contribution in [0.3, 0.4) is 0 Å². The Morgan fingerprint density at radius 3 is 2.44 bits per heavy atom. The second-order valence-electron chi connectivity index (χ2n) is 4.57. The number of halogens is 1. The molecular formula is C13H20BrNO2S. The molecule has 5 heteroatoms. The minimum atomic E-state index is -3.38. The summed E-state index contributed by atoms with van der Waals surface area (Å²) in [6.07, 6.45) is 0.707. The highest BCUT2D eigenvalue weighted by Gasteiger charge is 2.19. The molecular weight excluding hydrogens is 314 g/mol. The summed E-state index contributed by atoms with van der Waals surface area (Å²) in [6.45, 7) is 6.40. The summed E-state index contributed by atoms with van der Waals surface area (Å²) in [5.74, 6) is 0.458. The van der Waals surface area contributed by atoms with Crippen LogP contribution in [0, 0.1) is 5.92 Å². The molecule has 0 amide bonds. The zero-order valence-corrected chi connectivity index (χ0v) is 13.4. The average Bonchev–Trinajstić information content (AvgIpc) is 2.29. The van der Waals surface area contributed by atoms with Crippen LogP contribution in [0.2, 0.25) is 0 Å². The second kappa shape index (κ2) is 6.68. The number of sulfonamides is 1. The molecule has 1 aromatic rings. The van der Waals surface area contributed by atoms with Crippen LogP contribution >= 0.6 is 15.9 Å². The quantitative estimate of drug-likeness (QED) is 0.813. The SMILES string of the molecule is CCNS(=O)(=O)c1ccccc1CC(Br)C(C)C. The standard InChI is InChI=1S/C13H20BrNO2S/c1-4-15-18(16,17)13-8-6-5-7-11(13)9-12(14)10(2)3/h5-8,10,12,15H,4,9H2,1-3H3. The van der Waals surface area contributed by atoms with Crippen molar-refractivity contribution in [3.05, 3.63) is 29.8 Å². The molecule has 0 aliphatic rings. The maximum atomic E-state index is 12.1. The van der Waals surface area contributed by atoms with E-state index in [1.165, 1.54) is 0 Å². The fraction of sp³-hybridized carbons (Fsp3) is 0.538. The summed E-state index contributed by atoms with van der Waals surface area (Å²) in [5.41, 5.74) is 0.856. The number of hydrogen-bond donors (Lipinski definition) is 1. The molecule has 0 fully saturated rings. The predicted octanol–water partition coefficient (Wildman–Crippen LogP) is 2.95. The Kier molecular flexibility index (Phi) is 5.82. The third kappa shape index (κ3) is 4.07. The lowest BCUT2D eigenvalue weighted by molar-refractivity contribution is 0.578. The second-order valence-corrected chi connectivity index (χ2v) is 7.48. The Balaban J connectivity index is 3.07. The lowest BCUT2D eigenvalue weighted by Gasteiger charge is -2.16. The molecule has 0 spiro atoms. The molecule has 1 N–H and O–H groups in total. The lowest BCUT2D eigenvalue weighted by Crippen LogP contribution is -2.25. The van der Waals surface area contributed by atoms with Crippen molar-refractivity contribution in [2.24, 2.45) is 5.92 Å². The first-order valence-electron chi connectivity index (χ1n) is 6.10. The molecule has 0 aliphatic carbocycles. The Hall–Kier alpha value is -0.390. The summed E-state index contributed by atoms with van der Waals surface area (Å²) < 4.78 is 26.7. The first-order valence-corrected chi connectivity index (χ1v) is 8.50. The van der Waals surface area contributed by atoms with Gasteiger partial charge < -0.3 is 0 Å². The van der Waals surface area contributed by atoms with E-state index in [1.54, 1.807) is 19.1 Å². The Morgan fingerprint density at radius 2 is 1.89 bits per heavy atom. The summed E-state index contributed by atoms with van der Waals surface area (Å²) >= 11 is 3.60. The Bertz CT molecular complexity index is 486. The summed E-state index contributed by atoms with van der Waals surface area (Å²) in [4.78, 5) is 0.660. The summed E-state index contributed by atoms with van der Waals surface area (Å²) in [5, 5.41) is 0. The van der Waals surface area contributed by atoms with Gasteiger partial charge in [0.15, 0.2) is 0 Å². The van der Waals surface area contributed by atoms with Crippen LogP contribution in [-0.4, -0.2) is 19.8 Å². The highest BCUT2D eigenvalue weighted by atomic mass is 79.9. The largest absolute Gasteiger partial charge is 0.240 e. The van der Waals surface area contributed by atoms with Gasteiger partial charge in [-0.05, 0) is 24.0 Å². The molecule has 1 rings (SSSR count). The van der Waals surface area contributed by atoms with Gasteiger partial charge in [-0.25, -0.2) is 13.1 Å². The van der Waals surface area contributed by atoms with Gasteiger partial charge in [-0.15, -0.1) is 0 Å². The fourth-order valence-electron chi connectivity index (χ4n) is 1.65. The van der Waals surface area contributed by atoms with Gasteiger partial charge in [0.05, 0.1) is 4.90 Å². The molecule has 1 atom stereocenters. The predicted molar refractivity (Wildman–Crippen MR) is 78.6 cm³/mol. The highest BCUT2D eigenvalue weighted by molar-refractivity contribution is 9.09. The van der Waals surface area contributed by atoms with Crippen molar-refractivity contribution in [1.82, 2.24) is 4.72 Å².